The second-order valence-electron chi connectivity index (χ2n) is 6.74. The molecule has 0 aromatic carbocycles. The lowest BCUT2D eigenvalue weighted by molar-refractivity contribution is 0.168. The monoisotopic (exact) mass is 401 g/mol. The van der Waals surface area contributed by atoms with Gasteiger partial charge in [-0.1, -0.05) is 0 Å². The molecule has 3 heterocycles. The molecular weight excluding hydrogens is 377 g/mol. The molecule has 0 amide bonds. The standard InChI is InChI=1S/C17H25BrFN3O2/c1-21-7-3-5-12(21)10-23-15-9-14(18)16(19)20-17(15)24-11-13-6-4-8-22(13)2/h9,12-13H,3-8,10-11H2,1-2H3/t12-,13-/m0/s1. The van der Waals surface area contributed by atoms with E-state index in [9.17, 15) is 4.39 Å². The van der Waals surface area contributed by atoms with E-state index in [1.54, 1.807) is 6.07 Å². The van der Waals surface area contributed by atoms with Crippen molar-refractivity contribution in [3.63, 3.8) is 0 Å². The number of hydrogen-bond donors (Lipinski definition) is 0. The summed E-state index contributed by atoms with van der Waals surface area (Å²) in [5.41, 5.74) is 0. The lowest BCUT2D eigenvalue weighted by Gasteiger charge is -2.22. The first-order valence-electron chi connectivity index (χ1n) is 8.56. The van der Waals surface area contributed by atoms with Crippen LogP contribution in [0.2, 0.25) is 0 Å². The molecule has 0 N–H and O–H groups in total. The maximum Gasteiger partial charge on any atom is 0.259 e. The van der Waals surface area contributed by atoms with Crippen molar-refractivity contribution in [3.05, 3.63) is 16.5 Å². The fraction of sp³-hybridized carbons (Fsp3) is 0.706. The van der Waals surface area contributed by atoms with Gasteiger partial charge in [0.2, 0.25) is 5.95 Å². The predicted octanol–water partition coefficient (Wildman–Crippen LogP) is 2.93. The molecule has 2 saturated heterocycles. The highest BCUT2D eigenvalue weighted by atomic mass is 79.9. The number of nitrogens with zero attached hydrogens (tertiary/aromatic N) is 3. The summed E-state index contributed by atoms with van der Waals surface area (Å²) in [5, 5.41) is 0. The minimum absolute atomic E-state index is 0.247. The van der Waals surface area contributed by atoms with Crippen LogP contribution in [0.3, 0.4) is 0 Å². The number of aromatic nitrogens is 1. The fourth-order valence-electron chi connectivity index (χ4n) is 3.38. The van der Waals surface area contributed by atoms with E-state index in [0.29, 0.717) is 35.5 Å². The van der Waals surface area contributed by atoms with Gasteiger partial charge in [0.1, 0.15) is 13.2 Å². The molecule has 0 spiro atoms. The molecule has 0 bridgehead atoms. The number of ether oxygens (including phenoxy) is 2. The number of likely N-dealkylation sites (N-methyl/N-ethyl adjacent to an activating group) is 2. The molecule has 0 unspecified atom stereocenters. The van der Waals surface area contributed by atoms with E-state index < -0.39 is 5.95 Å². The van der Waals surface area contributed by atoms with Gasteiger partial charge in [-0.05, 0) is 68.8 Å². The van der Waals surface area contributed by atoms with Gasteiger partial charge in [-0.15, -0.1) is 0 Å². The Hall–Kier alpha value is -0.920. The van der Waals surface area contributed by atoms with E-state index in [1.165, 1.54) is 12.8 Å². The first-order chi connectivity index (χ1) is 11.5. The van der Waals surface area contributed by atoms with Crippen LogP contribution in [0.1, 0.15) is 25.7 Å². The zero-order valence-electron chi connectivity index (χ0n) is 14.3. The highest BCUT2D eigenvalue weighted by Gasteiger charge is 2.25. The van der Waals surface area contributed by atoms with Gasteiger partial charge in [0.05, 0.1) is 4.47 Å². The van der Waals surface area contributed by atoms with Gasteiger partial charge in [0, 0.05) is 18.2 Å². The van der Waals surface area contributed by atoms with Crippen LogP contribution in [0.15, 0.2) is 10.5 Å². The van der Waals surface area contributed by atoms with Gasteiger partial charge in [0.25, 0.3) is 5.88 Å². The van der Waals surface area contributed by atoms with Crippen LogP contribution < -0.4 is 9.47 Å². The van der Waals surface area contributed by atoms with Crippen LogP contribution >= 0.6 is 15.9 Å². The number of likely N-dealkylation sites (tertiary alicyclic amines) is 2. The highest BCUT2D eigenvalue weighted by molar-refractivity contribution is 9.10. The van der Waals surface area contributed by atoms with Crippen LogP contribution in [-0.2, 0) is 0 Å². The highest BCUT2D eigenvalue weighted by Crippen LogP contribution is 2.31. The Bertz CT molecular complexity index is 526. The number of pyridine rings is 1. The zero-order valence-corrected chi connectivity index (χ0v) is 15.9. The lowest BCUT2D eigenvalue weighted by Crippen LogP contribution is -2.31. The summed E-state index contributed by atoms with van der Waals surface area (Å²) in [6, 6.07) is 2.36. The molecule has 0 radical (unpaired) electrons. The molecule has 3 rings (SSSR count). The number of halogens is 2. The van der Waals surface area contributed by atoms with Crippen LogP contribution in [0.25, 0.3) is 0 Å². The molecule has 2 atom stereocenters. The molecule has 2 fully saturated rings. The van der Waals surface area contributed by atoms with E-state index in [2.05, 4.69) is 44.8 Å². The third-order valence-corrected chi connectivity index (χ3v) is 5.61. The fourth-order valence-corrected chi connectivity index (χ4v) is 3.68. The molecule has 0 saturated carbocycles. The predicted molar refractivity (Wildman–Crippen MR) is 94.2 cm³/mol. The van der Waals surface area contributed by atoms with Crippen molar-refractivity contribution in [3.8, 4) is 11.6 Å². The first-order valence-corrected chi connectivity index (χ1v) is 9.36. The van der Waals surface area contributed by atoms with Crippen molar-refractivity contribution in [1.82, 2.24) is 14.8 Å². The second-order valence-corrected chi connectivity index (χ2v) is 7.59. The summed E-state index contributed by atoms with van der Waals surface area (Å²) in [5.74, 6) is 0.177. The molecular formula is C17H25BrFN3O2. The van der Waals surface area contributed by atoms with Crippen LogP contribution in [0, 0.1) is 5.95 Å². The zero-order chi connectivity index (χ0) is 17.1. The molecule has 2 aliphatic heterocycles. The van der Waals surface area contributed by atoms with Gasteiger partial charge < -0.3 is 19.3 Å². The summed E-state index contributed by atoms with van der Waals surface area (Å²) < 4.78 is 25.9. The molecule has 2 aliphatic rings. The van der Waals surface area contributed by atoms with Crippen molar-refractivity contribution < 1.29 is 13.9 Å². The maximum absolute atomic E-state index is 13.8. The Morgan fingerprint density at radius 1 is 1.12 bits per heavy atom. The average Bonchev–Trinajstić information content (AvgIpc) is 3.15. The third-order valence-electron chi connectivity index (χ3n) is 5.05. The van der Waals surface area contributed by atoms with E-state index >= 15 is 0 Å². The molecule has 1 aromatic heterocycles. The third kappa shape index (κ3) is 4.18. The van der Waals surface area contributed by atoms with Crippen LogP contribution in [0.4, 0.5) is 4.39 Å². The minimum Gasteiger partial charge on any atom is -0.486 e. The maximum atomic E-state index is 13.8. The van der Waals surface area contributed by atoms with Gasteiger partial charge in [-0.3, -0.25) is 0 Å². The van der Waals surface area contributed by atoms with Crippen LogP contribution in [0.5, 0.6) is 11.6 Å². The largest absolute Gasteiger partial charge is 0.486 e. The lowest BCUT2D eigenvalue weighted by atomic mass is 10.2. The van der Waals surface area contributed by atoms with Crippen molar-refractivity contribution in [2.45, 2.75) is 37.8 Å². The van der Waals surface area contributed by atoms with Gasteiger partial charge in [-0.2, -0.15) is 9.37 Å². The quantitative estimate of drug-likeness (QED) is 0.685. The Morgan fingerprint density at radius 2 is 1.71 bits per heavy atom. The Balaban J connectivity index is 1.66. The van der Waals surface area contributed by atoms with E-state index in [0.717, 1.165) is 25.9 Å². The Morgan fingerprint density at radius 3 is 2.25 bits per heavy atom. The normalized spacial score (nSPS) is 25.3. The van der Waals surface area contributed by atoms with Crippen molar-refractivity contribution >= 4 is 15.9 Å². The number of rotatable bonds is 6. The van der Waals surface area contributed by atoms with Crippen molar-refractivity contribution in [2.75, 3.05) is 40.4 Å². The molecule has 7 heteroatoms. The van der Waals surface area contributed by atoms with Gasteiger partial charge >= 0.3 is 0 Å². The first kappa shape index (κ1) is 17.9. The average molecular weight is 402 g/mol. The molecule has 0 aliphatic carbocycles. The summed E-state index contributed by atoms with van der Waals surface area (Å²) in [6.07, 6.45) is 4.57. The topological polar surface area (TPSA) is 37.8 Å². The summed E-state index contributed by atoms with van der Waals surface area (Å²) in [7, 11) is 4.19. The second kappa shape index (κ2) is 7.97. The van der Waals surface area contributed by atoms with Crippen LogP contribution in [-0.4, -0.2) is 67.3 Å². The molecule has 1 aromatic rings. The summed E-state index contributed by atoms with van der Waals surface area (Å²) >= 11 is 3.18. The van der Waals surface area contributed by atoms with E-state index in [1.807, 2.05) is 0 Å². The summed E-state index contributed by atoms with van der Waals surface area (Å²) in [6.45, 7) is 3.24. The molecule has 134 valence electrons. The van der Waals surface area contributed by atoms with Crippen molar-refractivity contribution in [2.24, 2.45) is 0 Å². The molecule has 24 heavy (non-hydrogen) atoms. The summed E-state index contributed by atoms with van der Waals surface area (Å²) in [4.78, 5) is 8.49. The Kier molecular flexibility index (Phi) is 5.94. The van der Waals surface area contributed by atoms with Gasteiger partial charge in [-0.25, -0.2) is 0 Å². The van der Waals surface area contributed by atoms with E-state index in [4.69, 9.17) is 9.47 Å². The number of hydrogen-bond acceptors (Lipinski definition) is 5. The van der Waals surface area contributed by atoms with Crippen molar-refractivity contribution in [1.29, 1.82) is 0 Å². The molecule has 5 nitrogen and oxygen atoms in total. The van der Waals surface area contributed by atoms with E-state index in [-0.39, 0.29) is 5.88 Å². The minimum atomic E-state index is -0.574. The SMILES string of the molecule is CN1CCC[C@H]1COc1cc(Br)c(F)nc1OC[C@@H]1CCCN1C. The smallest absolute Gasteiger partial charge is 0.259 e. The van der Waals surface area contributed by atoms with Gasteiger partial charge in [0.15, 0.2) is 5.75 Å². The Labute approximate surface area is 151 Å².